The van der Waals surface area contributed by atoms with Crippen LogP contribution >= 0.6 is 0 Å². The van der Waals surface area contributed by atoms with Gasteiger partial charge in [-0.25, -0.2) is 0 Å². The van der Waals surface area contributed by atoms with Gasteiger partial charge in [0.15, 0.2) is 0 Å². The topological polar surface area (TPSA) is 30.7 Å². The van der Waals surface area contributed by atoms with Gasteiger partial charge in [-0.05, 0) is 19.4 Å². The summed E-state index contributed by atoms with van der Waals surface area (Å²) in [6.07, 6.45) is 3.62. The van der Waals surface area contributed by atoms with Crippen LogP contribution in [0.2, 0.25) is 0 Å². The Kier molecular flexibility index (Phi) is 1.40. The zero-order chi connectivity index (χ0) is 8.72. The van der Waals surface area contributed by atoms with Crippen molar-refractivity contribution >= 4 is 10.9 Å². The molecular formula is C9H11N3. The van der Waals surface area contributed by atoms with Crippen molar-refractivity contribution in [2.45, 2.75) is 13.8 Å². The molecule has 0 aliphatic heterocycles. The predicted octanol–water partition coefficient (Wildman–Crippen LogP) is 1.59. The lowest BCUT2D eigenvalue weighted by Crippen LogP contribution is -1.90. The minimum atomic E-state index is 1.15. The molecule has 0 aliphatic rings. The summed E-state index contributed by atoms with van der Waals surface area (Å²) in [4.78, 5) is 0. The lowest BCUT2D eigenvalue weighted by molar-refractivity contribution is 0.903. The first kappa shape index (κ1) is 7.28. The third-order valence-electron chi connectivity index (χ3n) is 2.52. The van der Waals surface area contributed by atoms with Crippen molar-refractivity contribution in [1.29, 1.82) is 0 Å². The maximum atomic E-state index is 3.86. The largest absolute Gasteiger partial charge is 0.346 e. The van der Waals surface area contributed by atoms with Crippen LogP contribution in [0.15, 0.2) is 12.4 Å². The number of aryl methyl sites for hydroxylation is 2. The first-order valence-corrected chi connectivity index (χ1v) is 3.94. The molecule has 0 bridgehead atoms. The van der Waals surface area contributed by atoms with Crippen LogP contribution in [0.5, 0.6) is 0 Å². The third kappa shape index (κ3) is 0.763. The maximum Gasteiger partial charge on any atom is 0.0739 e. The number of nitrogens with zero attached hydrogens (tertiary/aromatic N) is 3. The summed E-state index contributed by atoms with van der Waals surface area (Å²) < 4.78 is 2.14. The molecule has 12 heavy (non-hydrogen) atoms. The lowest BCUT2D eigenvalue weighted by atomic mass is 10.2. The van der Waals surface area contributed by atoms with E-state index < -0.39 is 0 Å². The minimum absolute atomic E-state index is 1.15. The molecule has 0 unspecified atom stereocenters. The molecule has 62 valence electrons. The van der Waals surface area contributed by atoms with E-state index in [1.54, 1.807) is 6.20 Å². The van der Waals surface area contributed by atoms with E-state index in [2.05, 4.69) is 28.6 Å². The Morgan fingerprint density at radius 1 is 1.17 bits per heavy atom. The zero-order valence-electron chi connectivity index (χ0n) is 7.50. The van der Waals surface area contributed by atoms with E-state index in [0.717, 1.165) is 5.52 Å². The molecule has 0 aliphatic carbocycles. The van der Waals surface area contributed by atoms with Crippen molar-refractivity contribution in [3.8, 4) is 0 Å². The van der Waals surface area contributed by atoms with Gasteiger partial charge in [0.1, 0.15) is 0 Å². The van der Waals surface area contributed by atoms with Gasteiger partial charge in [-0.15, -0.1) is 0 Å². The van der Waals surface area contributed by atoms with Crippen LogP contribution in [-0.4, -0.2) is 14.8 Å². The van der Waals surface area contributed by atoms with Crippen molar-refractivity contribution in [2.75, 3.05) is 0 Å². The number of fused-ring (bicyclic) bond motifs is 1. The zero-order valence-corrected chi connectivity index (χ0v) is 7.50. The second kappa shape index (κ2) is 2.30. The highest BCUT2D eigenvalue weighted by molar-refractivity contribution is 5.83. The molecule has 2 rings (SSSR count). The van der Waals surface area contributed by atoms with Crippen LogP contribution in [0.4, 0.5) is 0 Å². The molecule has 0 saturated heterocycles. The second-order valence-corrected chi connectivity index (χ2v) is 3.06. The maximum absolute atomic E-state index is 3.86. The second-order valence-electron chi connectivity index (χ2n) is 3.06. The Balaban J connectivity index is 2.99. The summed E-state index contributed by atoms with van der Waals surface area (Å²) in [6.45, 7) is 4.22. The Morgan fingerprint density at radius 2 is 1.83 bits per heavy atom. The van der Waals surface area contributed by atoms with E-state index in [0.29, 0.717) is 0 Å². The van der Waals surface area contributed by atoms with Gasteiger partial charge in [0.2, 0.25) is 0 Å². The number of aromatic nitrogens is 3. The average molecular weight is 161 g/mol. The summed E-state index contributed by atoms with van der Waals surface area (Å²) >= 11 is 0. The minimum Gasteiger partial charge on any atom is -0.346 e. The van der Waals surface area contributed by atoms with Crippen molar-refractivity contribution in [2.24, 2.45) is 7.05 Å². The quantitative estimate of drug-likeness (QED) is 0.587. The van der Waals surface area contributed by atoms with Crippen molar-refractivity contribution in [3.05, 3.63) is 23.7 Å². The van der Waals surface area contributed by atoms with Crippen LogP contribution in [0, 0.1) is 13.8 Å². The van der Waals surface area contributed by atoms with E-state index in [1.807, 2.05) is 13.2 Å². The van der Waals surface area contributed by atoms with Gasteiger partial charge < -0.3 is 4.57 Å². The van der Waals surface area contributed by atoms with E-state index >= 15 is 0 Å². The van der Waals surface area contributed by atoms with Gasteiger partial charge in [-0.1, -0.05) is 0 Å². The molecule has 3 nitrogen and oxygen atoms in total. The van der Waals surface area contributed by atoms with Crippen molar-refractivity contribution in [3.63, 3.8) is 0 Å². The molecule has 0 atom stereocenters. The normalized spacial score (nSPS) is 10.9. The smallest absolute Gasteiger partial charge is 0.0739 e. The first-order chi connectivity index (χ1) is 5.72. The fourth-order valence-electron chi connectivity index (χ4n) is 1.50. The molecule has 2 aromatic rings. The van der Waals surface area contributed by atoms with Crippen LogP contribution in [0.1, 0.15) is 11.3 Å². The summed E-state index contributed by atoms with van der Waals surface area (Å²) in [5, 5.41) is 8.92. The monoisotopic (exact) mass is 161 g/mol. The molecular weight excluding hydrogens is 150 g/mol. The van der Waals surface area contributed by atoms with Gasteiger partial charge in [-0.3, -0.25) is 0 Å². The van der Waals surface area contributed by atoms with E-state index in [1.165, 1.54) is 16.6 Å². The highest BCUT2D eigenvalue weighted by Crippen LogP contribution is 2.21. The highest BCUT2D eigenvalue weighted by Gasteiger charge is 2.06. The number of hydrogen-bond donors (Lipinski definition) is 0. The molecule has 0 fully saturated rings. The van der Waals surface area contributed by atoms with Crippen LogP contribution in [0.3, 0.4) is 0 Å². The molecule has 2 heterocycles. The van der Waals surface area contributed by atoms with Gasteiger partial charge in [0.05, 0.1) is 17.9 Å². The number of hydrogen-bond acceptors (Lipinski definition) is 2. The Hall–Kier alpha value is -1.38. The first-order valence-electron chi connectivity index (χ1n) is 3.94. The highest BCUT2D eigenvalue weighted by atomic mass is 15.1. The standard InChI is InChI=1S/C9H11N3/c1-6-7(2)12(3)9-5-11-10-4-8(6)9/h4-5H,1-3H3. The SMILES string of the molecule is Cc1c(C)n(C)c2cnncc12. The molecule has 0 spiro atoms. The van der Waals surface area contributed by atoms with E-state index in [9.17, 15) is 0 Å². The van der Waals surface area contributed by atoms with Crippen LogP contribution in [0.25, 0.3) is 10.9 Å². The molecule has 0 radical (unpaired) electrons. The van der Waals surface area contributed by atoms with Crippen LogP contribution in [-0.2, 0) is 7.05 Å². The summed E-state index contributed by atoms with van der Waals surface area (Å²) in [6, 6.07) is 0. The van der Waals surface area contributed by atoms with E-state index in [-0.39, 0.29) is 0 Å². The molecule has 0 saturated carbocycles. The molecule has 0 amide bonds. The van der Waals surface area contributed by atoms with Gasteiger partial charge in [0, 0.05) is 18.1 Å². The van der Waals surface area contributed by atoms with Crippen molar-refractivity contribution < 1.29 is 0 Å². The number of rotatable bonds is 0. The Labute approximate surface area is 71.0 Å². The van der Waals surface area contributed by atoms with E-state index in [4.69, 9.17) is 0 Å². The molecule has 2 aromatic heterocycles. The van der Waals surface area contributed by atoms with Crippen molar-refractivity contribution in [1.82, 2.24) is 14.8 Å². The molecule has 3 heteroatoms. The molecule has 0 N–H and O–H groups in total. The van der Waals surface area contributed by atoms with Gasteiger partial charge >= 0.3 is 0 Å². The predicted molar refractivity (Wildman–Crippen MR) is 48.0 cm³/mol. The summed E-state index contributed by atoms with van der Waals surface area (Å²) in [5.74, 6) is 0. The summed E-state index contributed by atoms with van der Waals surface area (Å²) in [5.41, 5.74) is 3.72. The van der Waals surface area contributed by atoms with Crippen LogP contribution < -0.4 is 0 Å². The molecule has 0 aromatic carbocycles. The fraction of sp³-hybridized carbons (Fsp3) is 0.333. The fourth-order valence-corrected chi connectivity index (χ4v) is 1.50. The summed E-state index contributed by atoms with van der Waals surface area (Å²) in [7, 11) is 2.05. The Morgan fingerprint density at radius 3 is 2.50 bits per heavy atom. The van der Waals surface area contributed by atoms with Gasteiger partial charge in [-0.2, -0.15) is 10.2 Å². The third-order valence-corrected chi connectivity index (χ3v) is 2.52. The lowest BCUT2D eigenvalue weighted by Gasteiger charge is -1.96. The Bertz CT molecular complexity index is 390. The average Bonchev–Trinajstić information content (AvgIpc) is 2.33. The van der Waals surface area contributed by atoms with Gasteiger partial charge in [0.25, 0.3) is 0 Å².